The van der Waals surface area contributed by atoms with E-state index in [1.807, 2.05) is 6.07 Å². The predicted molar refractivity (Wildman–Crippen MR) is 97.5 cm³/mol. The van der Waals surface area contributed by atoms with E-state index in [0.29, 0.717) is 38.9 Å². The molecule has 0 bridgehead atoms. The van der Waals surface area contributed by atoms with Crippen LogP contribution in [0.1, 0.15) is 5.56 Å². The second kappa shape index (κ2) is 6.46. The summed E-state index contributed by atoms with van der Waals surface area (Å²) in [5, 5.41) is 10.5. The summed E-state index contributed by atoms with van der Waals surface area (Å²) in [5.74, 6) is 6.54. The van der Waals surface area contributed by atoms with Crippen LogP contribution in [0.4, 0.5) is 5.82 Å². The van der Waals surface area contributed by atoms with Crippen molar-refractivity contribution in [2.75, 3.05) is 19.9 Å². The lowest BCUT2D eigenvalue weighted by Gasteiger charge is -2.15. The molecule has 10 heteroatoms. The molecule has 0 saturated heterocycles. The normalized spacial score (nSPS) is 11.8. The zero-order valence-electron chi connectivity index (χ0n) is 13.6. The van der Waals surface area contributed by atoms with Crippen molar-refractivity contribution in [1.29, 1.82) is 0 Å². The van der Waals surface area contributed by atoms with Crippen molar-refractivity contribution < 1.29 is 4.74 Å². The van der Waals surface area contributed by atoms with Crippen LogP contribution in [0.25, 0.3) is 16.6 Å². The summed E-state index contributed by atoms with van der Waals surface area (Å²) in [6, 6.07) is 7.08. The molecule has 3 aromatic rings. The molecule has 130 valence electrons. The average molecular weight is 361 g/mol. The lowest BCUT2D eigenvalue weighted by Crippen LogP contribution is -2.26. The van der Waals surface area contributed by atoms with Crippen LogP contribution in [-0.2, 0) is 0 Å². The van der Waals surface area contributed by atoms with Gasteiger partial charge in [-0.05, 0) is 12.1 Å². The van der Waals surface area contributed by atoms with Gasteiger partial charge in [0.25, 0.3) is 0 Å². The van der Waals surface area contributed by atoms with Gasteiger partial charge in [0.15, 0.2) is 17.4 Å². The molecule has 9 nitrogen and oxygen atoms in total. The number of methoxy groups -OCH3 is 1. The van der Waals surface area contributed by atoms with Crippen LogP contribution in [0.15, 0.2) is 35.6 Å². The van der Waals surface area contributed by atoms with Gasteiger partial charge >= 0.3 is 0 Å². The van der Waals surface area contributed by atoms with Crippen LogP contribution < -0.4 is 22.0 Å². The minimum Gasteiger partial charge on any atom is -0.494 e. The smallest absolute Gasteiger partial charge is 0.156 e. The summed E-state index contributed by atoms with van der Waals surface area (Å²) in [6.45, 7) is 0. The fourth-order valence-electron chi connectivity index (χ4n) is 2.52. The van der Waals surface area contributed by atoms with Gasteiger partial charge < -0.3 is 16.2 Å². The molecule has 6 N–H and O–H groups in total. The second-order valence-electron chi connectivity index (χ2n) is 5.24. The van der Waals surface area contributed by atoms with Crippen molar-refractivity contribution in [3.8, 4) is 11.4 Å². The third-order valence-corrected chi connectivity index (χ3v) is 3.74. The zero-order chi connectivity index (χ0) is 18.1. The van der Waals surface area contributed by atoms with Gasteiger partial charge in [0.05, 0.1) is 23.6 Å². The van der Waals surface area contributed by atoms with Crippen LogP contribution >= 0.6 is 11.6 Å². The summed E-state index contributed by atoms with van der Waals surface area (Å²) in [7, 11) is 3.10. The number of halogens is 1. The first-order chi connectivity index (χ1) is 11.9. The Bertz CT molecular complexity index is 966. The van der Waals surface area contributed by atoms with E-state index >= 15 is 0 Å². The Kier molecular flexibility index (Phi) is 4.34. The highest BCUT2D eigenvalue weighted by Gasteiger charge is 2.18. The number of nitrogens with two attached hydrogens (primary N) is 3. The van der Waals surface area contributed by atoms with E-state index in [1.54, 1.807) is 36.1 Å². The van der Waals surface area contributed by atoms with Gasteiger partial charge in [-0.1, -0.05) is 17.7 Å². The molecule has 3 rings (SSSR count). The number of benzene rings is 1. The maximum absolute atomic E-state index is 6.02. The quantitative estimate of drug-likeness (QED) is 0.208. The Morgan fingerprint density at radius 3 is 2.84 bits per heavy atom. The molecule has 0 unspecified atom stereocenters. The molecular formula is C15H17ClN8O. The molecule has 0 spiro atoms. The molecule has 0 amide bonds. The Labute approximate surface area is 148 Å². The van der Waals surface area contributed by atoms with E-state index in [-0.39, 0.29) is 5.84 Å². The van der Waals surface area contributed by atoms with Crippen molar-refractivity contribution in [3.63, 3.8) is 0 Å². The minimum absolute atomic E-state index is 0.202. The predicted octanol–water partition coefficient (Wildman–Crippen LogP) is 1.09. The molecule has 1 aromatic carbocycles. The van der Waals surface area contributed by atoms with E-state index in [0.717, 1.165) is 5.12 Å². The molecule has 0 fully saturated rings. The largest absolute Gasteiger partial charge is 0.494 e. The van der Waals surface area contributed by atoms with Crippen LogP contribution in [0.5, 0.6) is 5.75 Å². The van der Waals surface area contributed by atoms with Gasteiger partial charge in [-0.3, -0.25) is 0 Å². The Morgan fingerprint density at radius 2 is 2.16 bits per heavy atom. The molecular weight excluding hydrogens is 344 g/mol. The third kappa shape index (κ3) is 3.02. The number of amidine groups is 1. The summed E-state index contributed by atoms with van der Waals surface area (Å²) >= 11 is 6.02. The summed E-state index contributed by atoms with van der Waals surface area (Å²) < 4.78 is 7.18. The fourth-order valence-corrected chi connectivity index (χ4v) is 2.68. The Morgan fingerprint density at radius 1 is 1.40 bits per heavy atom. The second-order valence-corrected chi connectivity index (χ2v) is 5.63. The first-order valence-corrected chi connectivity index (χ1v) is 7.60. The highest BCUT2D eigenvalue weighted by molar-refractivity contribution is 6.30. The SMILES string of the molecule is COc1c(/C(N)=N/N(C)N)cccc1-n1nc(N)c2cnc(Cl)cc21. The maximum Gasteiger partial charge on any atom is 0.156 e. The van der Waals surface area contributed by atoms with Crippen LogP contribution in [-0.4, -0.2) is 39.9 Å². The van der Waals surface area contributed by atoms with Crippen molar-refractivity contribution in [3.05, 3.63) is 41.2 Å². The number of hydrogen-bond donors (Lipinski definition) is 3. The topological polar surface area (TPSA) is 134 Å². The van der Waals surface area contributed by atoms with Gasteiger partial charge in [-0.2, -0.15) is 0 Å². The van der Waals surface area contributed by atoms with Gasteiger partial charge in [0.2, 0.25) is 0 Å². The number of aromatic nitrogens is 3. The summed E-state index contributed by atoms with van der Waals surface area (Å²) in [5.41, 5.74) is 13.9. The van der Waals surface area contributed by atoms with Crippen molar-refractivity contribution >= 4 is 34.2 Å². The molecule has 0 aliphatic carbocycles. The van der Waals surface area contributed by atoms with Gasteiger partial charge in [0, 0.05) is 19.3 Å². The fraction of sp³-hybridized carbons (Fsp3) is 0.133. The van der Waals surface area contributed by atoms with Crippen LogP contribution in [0.2, 0.25) is 5.15 Å². The van der Waals surface area contributed by atoms with E-state index in [4.69, 9.17) is 33.6 Å². The third-order valence-electron chi connectivity index (χ3n) is 3.53. The van der Waals surface area contributed by atoms with E-state index in [2.05, 4.69) is 15.2 Å². The van der Waals surface area contributed by atoms with Crippen molar-refractivity contribution in [2.45, 2.75) is 0 Å². The standard InChI is InChI=1S/C15H17ClN8O/c1-23(19)21-14(17)8-4-3-5-10(13(8)25-2)24-11-6-12(16)20-7-9(11)15(18)22-24/h3-7H,19H2,1-2H3,(H2,17,21)(H2,18,22). The van der Waals surface area contributed by atoms with Gasteiger partial charge in [-0.15, -0.1) is 10.2 Å². The highest BCUT2D eigenvalue weighted by Crippen LogP contribution is 2.32. The van der Waals surface area contributed by atoms with Crippen LogP contribution in [0, 0.1) is 0 Å². The first kappa shape index (κ1) is 16.8. The molecule has 0 radical (unpaired) electrons. The van der Waals surface area contributed by atoms with E-state index < -0.39 is 0 Å². The minimum atomic E-state index is 0.202. The monoisotopic (exact) mass is 360 g/mol. The van der Waals surface area contributed by atoms with Crippen molar-refractivity contribution in [1.82, 2.24) is 19.9 Å². The Hall–Kier alpha value is -3.04. The molecule has 2 aromatic heterocycles. The summed E-state index contributed by atoms with van der Waals surface area (Å²) in [6.07, 6.45) is 1.58. The first-order valence-electron chi connectivity index (χ1n) is 7.22. The number of pyridine rings is 1. The lowest BCUT2D eigenvalue weighted by molar-refractivity contribution is 0.371. The number of anilines is 1. The van der Waals surface area contributed by atoms with Gasteiger partial charge in [-0.25, -0.2) is 20.6 Å². The molecule has 0 saturated carbocycles. The number of ether oxygens (including phenoxy) is 1. The van der Waals surface area contributed by atoms with E-state index in [1.165, 1.54) is 7.11 Å². The molecule has 2 heterocycles. The molecule has 0 atom stereocenters. The number of nitrogens with zero attached hydrogens (tertiary/aromatic N) is 5. The zero-order valence-corrected chi connectivity index (χ0v) is 14.4. The average Bonchev–Trinajstić information content (AvgIpc) is 2.89. The number of fused-ring (bicyclic) bond motifs is 1. The molecule has 0 aliphatic heterocycles. The number of nitrogen functional groups attached to an aromatic ring is 1. The van der Waals surface area contributed by atoms with Gasteiger partial charge in [0.1, 0.15) is 10.8 Å². The lowest BCUT2D eigenvalue weighted by atomic mass is 10.1. The number of hydrogen-bond acceptors (Lipinski definition) is 7. The van der Waals surface area contributed by atoms with E-state index in [9.17, 15) is 0 Å². The van der Waals surface area contributed by atoms with Crippen LogP contribution in [0.3, 0.4) is 0 Å². The maximum atomic E-state index is 6.02. The number of hydrazone groups is 1. The molecule has 25 heavy (non-hydrogen) atoms. The van der Waals surface area contributed by atoms with Crippen molar-refractivity contribution in [2.24, 2.45) is 16.7 Å². The number of para-hydroxylation sites is 1. The number of rotatable bonds is 4. The molecule has 0 aliphatic rings. The Balaban J connectivity index is 2.27. The summed E-state index contributed by atoms with van der Waals surface area (Å²) in [4.78, 5) is 4.04. The number of hydrazine groups is 1. The highest BCUT2D eigenvalue weighted by atomic mass is 35.5.